The van der Waals surface area contributed by atoms with Crippen LogP contribution in [-0.2, 0) is 9.53 Å². The minimum atomic E-state index is -0.925. The second-order valence-electron chi connectivity index (χ2n) is 4.77. The molecule has 0 aromatic heterocycles. The Bertz CT molecular complexity index is 247. The Kier molecular flexibility index (Phi) is 4.70. The Hall–Kier alpha value is -0.650. The van der Waals surface area contributed by atoms with Crippen LogP contribution >= 0.6 is 0 Å². The maximum atomic E-state index is 10.6. The maximum Gasteiger partial charge on any atom is 0.320 e. The van der Waals surface area contributed by atoms with Crippen molar-refractivity contribution in [2.75, 3.05) is 26.7 Å². The van der Waals surface area contributed by atoms with Gasteiger partial charge in [-0.2, -0.15) is 0 Å². The third-order valence-electron chi connectivity index (χ3n) is 3.30. The first kappa shape index (κ1) is 13.4. The standard InChI is InChI=1S/C11H22N2O3/c1-11(16-2)5-3-6-13(8-11)7-4-9(12)10(14)15/h9H,3-8,12H2,1-2H3,(H,14,15). The highest BCUT2D eigenvalue weighted by Gasteiger charge is 2.30. The van der Waals surface area contributed by atoms with Crippen molar-refractivity contribution < 1.29 is 14.6 Å². The first-order valence-corrected chi connectivity index (χ1v) is 5.73. The van der Waals surface area contributed by atoms with E-state index in [1.807, 2.05) is 0 Å². The second-order valence-corrected chi connectivity index (χ2v) is 4.77. The summed E-state index contributed by atoms with van der Waals surface area (Å²) in [5.41, 5.74) is 5.38. The number of nitrogens with two attached hydrogens (primary N) is 1. The van der Waals surface area contributed by atoms with Crippen molar-refractivity contribution in [2.24, 2.45) is 5.73 Å². The molecule has 3 N–H and O–H groups in total. The van der Waals surface area contributed by atoms with Gasteiger partial charge >= 0.3 is 5.97 Å². The van der Waals surface area contributed by atoms with Crippen LogP contribution in [0.3, 0.4) is 0 Å². The molecule has 1 aliphatic heterocycles. The molecule has 0 saturated carbocycles. The van der Waals surface area contributed by atoms with Crippen LogP contribution < -0.4 is 5.73 Å². The van der Waals surface area contributed by atoms with Crippen LogP contribution in [0.4, 0.5) is 0 Å². The van der Waals surface area contributed by atoms with Crippen LogP contribution in [0.5, 0.6) is 0 Å². The van der Waals surface area contributed by atoms with Crippen LogP contribution in [0.2, 0.25) is 0 Å². The number of aliphatic carboxylic acids is 1. The summed E-state index contributed by atoms with van der Waals surface area (Å²) in [6, 6.07) is -0.754. The lowest BCUT2D eigenvalue weighted by molar-refractivity contribution is -0.138. The van der Waals surface area contributed by atoms with Gasteiger partial charge in [0.05, 0.1) is 5.60 Å². The molecule has 0 amide bonds. The van der Waals surface area contributed by atoms with E-state index >= 15 is 0 Å². The molecule has 2 atom stereocenters. The third-order valence-corrected chi connectivity index (χ3v) is 3.30. The molecule has 94 valence electrons. The average molecular weight is 230 g/mol. The van der Waals surface area contributed by atoms with Crippen LogP contribution in [0, 0.1) is 0 Å². The molecule has 0 aromatic rings. The number of carbonyl (C=O) groups is 1. The Morgan fingerprint density at radius 3 is 2.94 bits per heavy atom. The molecule has 1 saturated heterocycles. The van der Waals surface area contributed by atoms with Crippen LogP contribution in [0.25, 0.3) is 0 Å². The summed E-state index contributed by atoms with van der Waals surface area (Å²) in [5.74, 6) is -0.925. The fourth-order valence-corrected chi connectivity index (χ4v) is 2.11. The first-order chi connectivity index (χ1) is 7.47. The smallest absolute Gasteiger partial charge is 0.320 e. The molecule has 0 spiro atoms. The van der Waals surface area contributed by atoms with Crippen LogP contribution in [0.15, 0.2) is 0 Å². The number of methoxy groups -OCH3 is 1. The highest BCUT2D eigenvalue weighted by Crippen LogP contribution is 2.23. The van der Waals surface area contributed by atoms with E-state index in [9.17, 15) is 4.79 Å². The zero-order valence-corrected chi connectivity index (χ0v) is 10.1. The molecule has 16 heavy (non-hydrogen) atoms. The molecule has 0 aromatic carbocycles. The molecular formula is C11H22N2O3. The number of likely N-dealkylation sites (tertiary alicyclic amines) is 1. The molecule has 0 aliphatic carbocycles. The summed E-state index contributed by atoms with van der Waals surface area (Å²) in [4.78, 5) is 12.8. The topological polar surface area (TPSA) is 75.8 Å². The predicted molar refractivity (Wildman–Crippen MR) is 61.3 cm³/mol. The zero-order chi connectivity index (χ0) is 12.2. The molecule has 0 bridgehead atoms. The SMILES string of the molecule is COC1(C)CCCN(CCC(N)C(=O)O)C1. The summed E-state index contributed by atoms with van der Waals surface area (Å²) in [5, 5.41) is 8.69. The van der Waals surface area contributed by atoms with Crippen molar-refractivity contribution >= 4 is 5.97 Å². The van der Waals surface area contributed by atoms with Crippen molar-refractivity contribution in [2.45, 2.75) is 37.8 Å². The summed E-state index contributed by atoms with van der Waals surface area (Å²) in [6.45, 7) is 4.68. The quantitative estimate of drug-likeness (QED) is 0.710. The highest BCUT2D eigenvalue weighted by molar-refractivity contribution is 5.72. The third kappa shape index (κ3) is 3.73. The fourth-order valence-electron chi connectivity index (χ4n) is 2.11. The van der Waals surface area contributed by atoms with Gasteiger partial charge in [0.1, 0.15) is 6.04 Å². The number of carboxylic acid groups (broad SMARTS) is 1. The van der Waals surface area contributed by atoms with Crippen molar-refractivity contribution in [3.63, 3.8) is 0 Å². The van der Waals surface area contributed by atoms with E-state index in [2.05, 4.69) is 11.8 Å². The molecule has 1 aliphatic rings. The van der Waals surface area contributed by atoms with Gasteiger partial charge < -0.3 is 20.5 Å². The highest BCUT2D eigenvalue weighted by atomic mass is 16.5. The van der Waals surface area contributed by atoms with Crippen LogP contribution in [0.1, 0.15) is 26.2 Å². The number of piperidine rings is 1. The second kappa shape index (κ2) is 5.61. The number of carboxylic acids is 1. The van der Waals surface area contributed by atoms with E-state index in [0.29, 0.717) is 6.42 Å². The lowest BCUT2D eigenvalue weighted by atomic mass is 9.94. The monoisotopic (exact) mass is 230 g/mol. The van der Waals surface area contributed by atoms with E-state index in [4.69, 9.17) is 15.6 Å². The van der Waals surface area contributed by atoms with Gasteiger partial charge in [-0.15, -0.1) is 0 Å². The number of hydrogen-bond donors (Lipinski definition) is 2. The van der Waals surface area contributed by atoms with Crippen molar-refractivity contribution in [1.82, 2.24) is 4.90 Å². The van der Waals surface area contributed by atoms with Crippen LogP contribution in [-0.4, -0.2) is 54.4 Å². The zero-order valence-electron chi connectivity index (χ0n) is 10.1. The van der Waals surface area contributed by atoms with Crippen molar-refractivity contribution in [3.05, 3.63) is 0 Å². The Morgan fingerprint density at radius 1 is 1.69 bits per heavy atom. The fraction of sp³-hybridized carbons (Fsp3) is 0.909. The van der Waals surface area contributed by atoms with Gasteiger partial charge in [-0.3, -0.25) is 4.79 Å². The van der Waals surface area contributed by atoms with Gasteiger partial charge in [0, 0.05) is 20.2 Å². The lowest BCUT2D eigenvalue weighted by Gasteiger charge is -2.39. The van der Waals surface area contributed by atoms with Crippen molar-refractivity contribution in [1.29, 1.82) is 0 Å². The Labute approximate surface area is 96.6 Å². The Balaban J connectivity index is 2.35. The molecule has 5 heteroatoms. The molecule has 1 heterocycles. The summed E-state index contributed by atoms with van der Waals surface area (Å²) >= 11 is 0. The lowest BCUT2D eigenvalue weighted by Crippen LogP contribution is -2.48. The molecule has 1 fully saturated rings. The number of rotatable bonds is 5. The summed E-state index contributed by atoms with van der Waals surface area (Å²) in [6.07, 6.45) is 2.65. The van der Waals surface area contributed by atoms with E-state index in [1.165, 1.54) is 0 Å². The number of hydrogen-bond acceptors (Lipinski definition) is 4. The summed E-state index contributed by atoms with van der Waals surface area (Å²) in [7, 11) is 1.73. The van der Waals surface area contributed by atoms with E-state index in [0.717, 1.165) is 32.5 Å². The van der Waals surface area contributed by atoms with Gasteiger partial charge in [0.25, 0.3) is 0 Å². The first-order valence-electron chi connectivity index (χ1n) is 5.73. The largest absolute Gasteiger partial charge is 0.480 e. The average Bonchev–Trinajstić information content (AvgIpc) is 2.26. The van der Waals surface area contributed by atoms with Gasteiger partial charge in [-0.25, -0.2) is 0 Å². The van der Waals surface area contributed by atoms with Crippen molar-refractivity contribution in [3.8, 4) is 0 Å². The Morgan fingerprint density at radius 2 is 2.38 bits per heavy atom. The van der Waals surface area contributed by atoms with E-state index < -0.39 is 12.0 Å². The molecule has 5 nitrogen and oxygen atoms in total. The minimum absolute atomic E-state index is 0.0917. The molecular weight excluding hydrogens is 208 g/mol. The molecule has 2 unspecified atom stereocenters. The normalized spacial score (nSPS) is 28.9. The number of nitrogens with zero attached hydrogens (tertiary/aromatic N) is 1. The summed E-state index contributed by atoms with van der Waals surface area (Å²) < 4.78 is 5.47. The molecule has 0 radical (unpaired) electrons. The van der Waals surface area contributed by atoms with E-state index in [1.54, 1.807) is 7.11 Å². The maximum absolute atomic E-state index is 10.6. The van der Waals surface area contributed by atoms with E-state index in [-0.39, 0.29) is 5.60 Å². The van der Waals surface area contributed by atoms with Gasteiger partial charge in [0.15, 0.2) is 0 Å². The van der Waals surface area contributed by atoms with Gasteiger partial charge in [-0.05, 0) is 32.7 Å². The minimum Gasteiger partial charge on any atom is -0.480 e. The number of ether oxygens (including phenoxy) is 1. The van der Waals surface area contributed by atoms with Gasteiger partial charge in [0.2, 0.25) is 0 Å². The molecule has 1 rings (SSSR count). The predicted octanol–water partition coefficient (Wildman–Crippen LogP) is 0.289. The van der Waals surface area contributed by atoms with Gasteiger partial charge in [-0.1, -0.05) is 0 Å².